The number of ether oxygens (including phenoxy) is 2. The maximum absolute atomic E-state index is 12.9. The molecular formula is C26H34N2O4. The SMILES string of the molecule is CC(C)Oc1ccc(C(C)NC(=O)C2CCCN(C(=O)CCOc3ccccc3)C2)cc1. The Morgan fingerprint density at radius 2 is 1.75 bits per heavy atom. The molecule has 0 aliphatic carbocycles. The molecule has 2 aromatic carbocycles. The first-order valence-corrected chi connectivity index (χ1v) is 11.4. The number of para-hydroxylation sites is 1. The van der Waals surface area contributed by atoms with Crippen LogP contribution in [0.3, 0.4) is 0 Å². The van der Waals surface area contributed by atoms with Crippen molar-refractivity contribution in [2.75, 3.05) is 19.7 Å². The van der Waals surface area contributed by atoms with Crippen LogP contribution in [0.15, 0.2) is 54.6 Å². The zero-order chi connectivity index (χ0) is 22.9. The van der Waals surface area contributed by atoms with E-state index in [1.54, 1.807) is 4.90 Å². The zero-order valence-corrected chi connectivity index (χ0v) is 19.3. The number of nitrogens with one attached hydrogen (secondary N) is 1. The molecule has 0 aromatic heterocycles. The molecule has 6 heteroatoms. The highest BCUT2D eigenvalue weighted by Gasteiger charge is 2.29. The molecule has 1 N–H and O–H groups in total. The standard InChI is InChI=1S/C26H34N2O4/c1-19(2)32-24-13-11-21(12-14-24)20(3)27-26(30)22-8-7-16-28(18-22)25(29)15-17-31-23-9-5-4-6-10-23/h4-6,9-14,19-20,22H,7-8,15-18H2,1-3H3,(H,27,30). The topological polar surface area (TPSA) is 67.9 Å². The van der Waals surface area contributed by atoms with E-state index in [1.165, 1.54) is 0 Å². The number of benzene rings is 2. The Labute approximate surface area is 190 Å². The zero-order valence-electron chi connectivity index (χ0n) is 19.3. The average molecular weight is 439 g/mol. The van der Waals surface area contributed by atoms with Crippen molar-refractivity contribution in [2.24, 2.45) is 5.92 Å². The Hall–Kier alpha value is -3.02. The number of carbonyl (C=O) groups is 2. The van der Waals surface area contributed by atoms with Gasteiger partial charge in [0.05, 0.1) is 31.1 Å². The van der Waals surface area contributed by atoms with E-state index in [9.17, 15) is 9.59 Å². The number of piperidine rings is 1. The van der Waals surface area contributed by atoms with Gasteiger partial charge in [-0.2, -0.15) is 0 Å². The highest BCUT2D eigenvalue weighted by Crippen LogP contribution is 2.22. The Bertz CT molecular complexity index is 867. The second-order valence-corrected chi connectivity index (χ2v) is 8.56. The maximum Gasteiger partial charge on any atom is 0.226 e. The van der Waals surface area contributed by atoms with Crippen LogP contribution in [0.1, 0.15) is 51.6 Å². The smallest absolute Gasteiger partial charge is 0.226 e. The van der Waals surface area contributed by atoms with Crippen molar-refractivity contribution in [1.82, 2.24) is 10.2 Å². The van der Waals surface area contributed by atoms with E-state index < -0.39 is 0 Å². The summed E-state index contributed by atoms with van der Waals surface area (Å²) in [6.45, 7) is 7.45. The van der Waals surface area contributed by atoms with Gasteiger partial charge in [0.25, 0.3) is 0 Å². The van der Waals surface area contributed by atoms with Crippen molar-refractivity contribution in [3.63, 3.8) is 0 Å². The molecule has 2 aromatic rings. The highest BCUT2D eigenvalue weighted by molar-refractivity contribution is 5.81. The van der Waals surface area contributed by atoms with E-state index in [2.05, 4.69) is 5.32 Å². The van der Waals surface area contributed by atoms with Gasteiger partial charge in [0.1, 0.15) is 11.5 Å². The summed E-state index contributed by atoms with van der Waals surface area (Å²) in [7, 11) is 0. The number of hydrogen-bond acceptors (Lipinski definition) is 4. The van der Waals surface area contributed by atoms with Crippen molar-refractivity contribution in [3.8, 4) is 11.5 Å². The molecule has 1 fully saturated rings. The van der Waals surface area contributed by atoms with Crippen molar-refractivity contribution in [2.45, 2.75) is 52.2 Å². The summed E-state index contributed by atoms with van der Waals surface area (Å²) < 4.78 is 11.3. The second-order valence-electron chi connectivity index (χ2n) is 8.56. The summed E-state index contributed by atoms with van der Waals surface area (Å²) in [6, 6.07) is 17.2. The van der Waals surface area contributed by atoms with Gasteiger partial charge in [-0.1, -0.05) is 30.3 Å². The fourth-order valence-electron chi connectivity index (χ4n) is 3.87. The van der Waals surface area contributed by atoms with Crippen molar-refractivity contribution in [1.29, 1.82) is 0 Å². The van der Waals surface area contributed by atoms with Crippen LogP contribution < -0.4 is 14.8 Å². The number of hydrogen-bond donors (Lipinski definition) is 1. The lowest BCUT2D eigenvalue weighted by molar-refractivity contribution is -0.136. The Morgan fingerprint density at radius 3 is 2.44 bits per heavy atom. The molecule has 0 radical (unpaired) electrons. The lowest BCUT2D eigenvalue weighted by Gasteiger charge is -2.32. The Morgan fingerprint density at radius 1 is 1.03 bits per heavy atom. The van der Waals surface area contributed by atoms with Crippen LogP contribution in [0.2, 0.25) is 0 Å². The predicted octanol–water partition coefficient (Wildman–Crippen LogP) is 4.36. The summed E-state index contributed by atoms with van der Waals surface area (Å²) >= 11 is 0. The van der Waals surface area contributed by atoms with Gasteiger partial charge in [0.2, 0.25) is 11.8 Å². The fraction of sp³-hybridized carbons (Fsp3) is 0.462. The molecular weight excluding hydrogens is 404 g/mol. The molecule has 172 valence electrons. The molecule has 6 nitrogen and oxygen atoms in total. The number of rotatable bonds is 9. The molecule has 2 amide bonds. The van der Waals surface area contributed by atoms with Crippen LogP contribution in [-0.4, -0.2) is 42.5 Å². The van der Waals surface area contributed by atoms with Gasteiger partial charge in [-0.15, -0.1) is 0 Å². The largest absolute Gasteiger partial charge is 0.493 e. The Kier molecular flexibility index (Phi) is 8.54. The monoisotopic (exact) mass is 438 g/mol. The molecule has 3 rings (SSSR count). The summed E-state index contributed by atoms with van der Waals surface area (Å²) in [5.41, 5.74) is 1.02. The first kappa shape index (κ1) is 23.6. The van der Waals surface area contributed by atoms with Crippen molar-refractivity contribution < 1.29 is 19.1 Å². The number of nitrogens with zero attached hydrogens (tertiary/aromatic N) is 1. The van der Waals surface area contributed by atoms with E-state index in [-0.39, 0.29) is 29.9 Å². The molecule has 2 atom stereocenters. The first-order valence-electron chi connectivity index (χ1n) is 11.4. The average Bonchev–Trinajstić information content (AvgIpc) is 2.80. The number of carbonyl (C=O) groups excluding carboxylic acids is 2. The second kappa shape index (κ2) is 11.6. The third-order valence-corrected chi connectivity index (χ3v) is 5.58. The van der Waals surface area contributed by atoms with Crippen molar-refractivity contribution in [3.05, 3.63) is 60.2 Å². The lowest BCUT2D eigenvalue weighted by Crippen LogP contribution is -2.46. The summed E-state index contributed by atoms with van der Waals surface area (Å²) in [5.74, 6) is 1.42. The summed E-state index contributed by atoms with van der Waals surface area (Å²) in [6.07, 6.45) is 2.06. The van der Waals surface area contributed by atoms with Gasteiger partial charge in [0.15, 0.2) is 0 Å². The quantitative estimate of drug-likeness (QED) is 0.632. The molecule has 0 bridgehead atoms. The van der Waals surface area contributed by atoms with Crippen LogP contribution >= 0.6 is 0 Å². The summed E-state index contributed by atoms with van der Waals surface area (Å²) in [4.78, 5) is 27.3. The van der Waals surface area contributed by atoms with Crippen LogP contribution in [-0.2, 0) is 9.59 Å². The molecule has 0 spiro atoms. The van der Waals surface area contributed by atoms with Gasteiger partial charge >= 0.3 is 0 Å². The van der Waals surface area contributed by atoms with Crippen LogP contribution in [0.4, 0.5) is 0 Å². The Balaban J connectivity index is 1.46. The maximum atomic E-state index is 12.9. The minimum Gasteiger partial charge on any atom is -0.493 e. The normalized spacial score (nSPS) is 17.0. The van der Waals surface area contributed by atoms with E-state index >= 15 is 0 Å². The van der Waals surface area contributed by atoms with Crippen LogP contribution in [0, 0.1) is 5.92 Å². The fourth-order valence-corrected chi connectivity index (χ4v) is 3.87. The van der Waals surface area contributed by atoms with Gasteiger partial charge in [0, 0.05) is 13.1 Å². The minimum atomic E-state index is -0.186. The third kappa shape index (κ3) is 7.01. The van der Waals surface area contributed by atoms with E-state index in [0.29, 0.717) is 26.1 Å². The van der Waals surface area contributed by atoms with E-state index in [4.69, 9.17) is 9.47 Å². The molecule has 1 saturated heterocycles. The first-order chi connectivity index (χ1) is 15.4. The van der Waals surface area contributed by atoms with Crippen LogP contribution in [0.5, 0.6) is 11.5 Å². The predicted molar refractivity (Wildman–Crippen MR) is 125 cm³/mol. The number of likely N-dealkylation sites (tertiary alicyclic amines) is 1. The molecule has 1 heterocycles. The molecule has 1 aliphatic heterocycles. The van der Waals surface area contributed by atoms with Crippen molar-refractivity contribution >= 4 is 11.8 Å². The molecule has 1 aliphatic rings. The van der Waals surface area contributed by atoms with Gasteiger partial charge in [-0.05, 0) is 63.4 Å². The molecule has 0 saturated carbocycles. The van der Waals surface area contributed by atoms with E-state index in [0.717, 1.165) is 29.9 Å². The third-order valence-electron chi connectivity index (χ3n) is 5.58. The van der Waals surface area contributed by atoms with Crippen LogP contribution in [0.25, 0.3) is 0 Å². The molecule has 2 unspecified atom stereocenters. The van der Waals surface area contributed by atoms with Gasteiger partial charge in [-0.25, -0.2) is 0 Å². The van der Waals surface area contributed by atoms with Gasteiger partial charge < -0.3 is 19.7 Å². The lowest BCUT2D eigenvalue weighted by atomic mass is 9.96. The molecule has 32 heavy (non-hydrogen) atoms. The van der Waals surface area contributed by atoms with Gasteiger partial charge in [-0.3, -0.25) is 9.59 Å². The highest BCUT2D eigenvalue weighted by atomic mass is 16.5. The van der Waals surface area contributed by atoms with E-state index in [1.807, 2.05) is 75.4 Å². The summed E-state index contributed by atoms with van der Waals surface area (Å²) in [5, 5.41) is 3.11. The minimum absolute atomic E-state index is 0.00181. The number of amides is 2.